The molecule has 1 saturated heterocycles. The van der Waals surface area contributed by atoms with E-state index >= 15 is 0 Å². The molecule has 1 fully saturated rings. The summed E-state index contributed by atoms with van der Waals surface area (Å²) in [6, 6.07) is -1.48. The smallest absolute Gasteiger partial charge is 0.326 e. The van der Waals surface area contributed by atoms with Crippen LogP contribution in [-0.4, -0.2) is 45.8 Å². The van der Waals surface area contributed by atoms with Gasteiger partial charge in [0.1, 0.15) is 11.9 Å². The van der Waals surface area contributed by atoms with Gasteiger partial charge in [0.05, 0.1) is 11.8 Å². The van der Waals surface area contributed by atoms with Gasteiger partial charge in [0.2, 0.25) is 0 Å². The van der Waals surface area contributed by atoms with Gasteiger partial charge >= 0.3 is 12.0 Å². The van der Waals surface area contributed by atoms with E-state index in [-0.39, 0.29) is 13.0 Å². The predicted octanol–water partition coefficient (Wildman–Crippen LogP) is 1.16. The van der Waals surface area contributed by atoms with Crippen LogP contribution in [0.5, 0.6) is 0 Å². The molecule has 1 aliphatic rings. The highest BCUT2D eigenvalue weighted by molar-refractivity contribution is 5.93. The fraction of sp³-hybridized carbons (Fsp3) is 0.333. The summed E-state index contributed by atoms with van der Waals surface area (Å²) in [5, 5.41) is 20.2. The summed E-state index contributed by atoms with van der Waals surface area (Å²) in [5.74, 6) is -5.38. The van der Waals surface area contributed by atoms with Crippen molar-refractivity contribution in [3.63, 3.8) is 0 Å². The highest BCUT2D eigenvalue weighted by Crippen LogP contribution is 2.23. The SMILES string of the molecule is O=C(O)[C@@H]1CC(O)CN1C(=O)Nc1cc(F)cc(F)c1F. The summed E-state index contributed by atoms with van der Waals surface area (Å²) >= 11 is 0. The van der Waals surface area contributed by atoms with Gasteiger partial charge in [0, 0.05) is 25.1 Å². The zero-order valence-corrected chi connectivity index (χ0v) is 10.5. The number of hydrogen-bond donors (Lipinski definition) is 3. The minimum atomic E-state index is -1.48. The molecule has 0 radical (unpaired) electrons. The van der Waals surface area contributed by atoms with Crippen LogP contribution in [0.2, 0.25) is 0 Å². The molecule has 0 spiro atoms. The second-order valence-corrected chi connectivity index (χ2v) is 4.58. The first kappa shape index (κ1) is 15.1. The molecule has 0 aliphatic carbocycles. The number of carbonyl (C=O) groups excluding carboxylic acids is 1. The summed E-state index contributed by atoms with van der Waals surface area (Å²) in [5.41, 5.74) is -0.747. The van der Waals surface area contributed by atoms with Crippen molar-refractivity contribution >= 4 is 17.7 Å². The Morgan fingerprint density at radius 3 is 2.57 bits per heavy atom. The topological polar surface area (TPSA) is 89.9 Å². The Balaban J connectivity index is 2.20. The molecule has 114 valence electrons. The molecule has 2 atom stereocenters. The third kappa shape index (κ3) is 3.07. The van der Waals surface area contributed by atoms with Crippen molar-refractivity contribution in [1.82, 2.24) is 4.90 Å². The molecule has 1 unspecified atom stereocenters. The van der Waals surface area contributed by atoms with Gasteiger partial charge in [-0.25, -0.2) is 22.8 Å². The van der Waals surface area contributed by atoms with E-state index in [1.165, 1.54) is 0 Å². The van der Waals surface area contributed by atoms with E-state index < -0.39 is 47.3 Å². The molecule has 3 N–H and O–H groups in total. The van der Waals surface area contributed by atoms with Crippen LogP contribution in [-0.2, 0) is 4.79 Å². The van der Waals surface area contributed by atoms with E-state index in [4.69, 9.17) is 5.11 Å². The van der Waals surface area contributed by atoms with Crippen LogP contribution in [0.25, 0.3) is 0 Å². The third-order valence-corrected chi connectivity index (χ3v) is 3.06. The molecule has 9 heteroatoms. The first-order chi connectivity index (χ1) is 9.79. The Hall–Kier alpha value is -2.29. The van der Waals surface area contributed by atoms with E-state index in [9.17, 15) is 27.9 Å². The van der Waals surface area contributed by atoms with E-state index in [1.54, 1.807) is 0 Å². The number of nitrogens with one attached hydrogen (secondary N) is 1. The van der Waals surface area contributed by atoms with Gasteiger partial charge < -0.3 is 20.4 Å². The first-order valence-electron chi connectivity index (χ1n) is 5.92. The van der Waals surface area contributed by atoms with Crippen molar-refractivity contribution in [2.75, 3.05) is 11.9 Å². The number of aliphatic hydroxyl groups is 1. The number of carbonyl (C=O) groups is 2. The van der Waals surface area contributed by atoms with Crippen molar-refractivity contribution in [2.45, 2.75) is 18.6 Å². The van der Waals surface area contributed by atoms with Crippen molar-refractivity contribution < 1.29 is 33.0 Å². The van der Waals surface area contributed by atoms with E-state index in [2.05, 4.69) is 0 Å². The van der Waals surface area contributed by atoms with Crippen molar-refractivity contribution in [3.8, 4) is 0 Å². The first-order valence-corrected chi connectivity index (χ1v) is 5.92. The zero-order chi connectivity index (χ0) is 15.7. The van der Waals surface area contributed by atoms with Gasteiger partial charge in [0.25, 0.3) is 0 Å². The van der Waals surface area contributed by atoms with E-state index in [0.717, 1.165) is 4.90 Å². The number of benzene rings is 1. The molecule has 1 aromatic carbocycles. The lowest BCUT2D eigenvalue weighted by Crippen LogP contribution is -2.43. The normalized spacial score (nSPS) is 21.4. The van der Waals surface area contributed by atoms with Gasteiger partial charge in [-0.3, -0.25) is 0 Å². The van der Waals surface area contributed by atoms with Crippen LogP contribution in [0.4, 0.5) is 23.7 Å². The third-order valence-electron chi connectivity index (χ3n) is 3.06. The van der Waals surface area contributed by atoms with Gasteiger partial charge in [-0.1, -0.05) is 0 Å². The Morgan fingerprint density at radius 1 is 1.29 bits per heavy atom. The highest BCUT2D eigenvalue weighted by Gasteiger charge is 2.39. The summed E-state index contributed by atoms with van der Waals surface area (Å²) in [6.07, 6.45) is -1.21. The van der Waals surface area contributed by atoms with E-state index in [0.29, 0.717) is 12.1 Å². The molecule has 1 aromatic rings. The molecular formula is C12H11F3N2O4. The Kier molecular flexibility index (Phi) is 4.03. The molecule has 2 rings (SSSR count). The number of β-amino-alcohol motifs (C(OH)–C–C–N with tert-alkyl or cyclic N) is 1. The molecule has 0 bridgehead atoms. The molecule has 1 heterocycles. The number of amides is 2. The number of likely N-dealkylation sites (tertiary alicyclic amines) is 1. The van der Waals surface area contributed by atoms with Crippen LogP contribution in [0.3, 0.4) is 0 Å². The number of halogens is 3. The highest BCUT2D eigenvalue weighted by atomic mass is 19.2. The fourth-order valence-electron chi connectivity index (χ4n) is 2.11. The summed E-state index contributed by atoms with van der Waals surface area (Å²) in [6.45, 7) is -0.276. The van der Waals surface area contributed by atoms with Gasteiger partial charge in [-0.2, -0.15) is 0 Å². The maximum Gasteiger partial charge on any atom is 0.326 e. The molecule has 0 aromatic heterocycles. The van der Waals surface area contributed by atoms with Gasteiger partial charge in [-0.15, -0.1) is 0 Å². The van der Waals surface area contributed by atoms with Crippen LogP contribution in [0, 0.1) is 17.5 Å². The number of carboxylic acid groups (broad SMARTS) is 1. The maximum atomic E-state index is 13.4. The lowest BCUT2D eigenvalue weighted by Gasteiger charge is -2.21. The molecule has 2 amide bonds. The Bertz CT molecular complexity index is 596. The number of aliphatic hydroxyl groups excluding tert-OH is 1. The number of anilines is 1. The Morgan fingerprint density at radius 2 is 1.95 bits per heavy atom. The summed E-state index contributed by atoms with van der Waals surface area (Å²) < 4.78 is 39.4. The van der Waals surface area contributed by atoms with Crippen LogP contribution < -0.4 is 5.32 Å². The van der Waals surface area contributed by atoms with Gasteiger partial charge in [-0.05, 0) is 0 Å². The Labute approximate surface area is 116 Å². The predicted molar refractivity (Wildman–Crippen MR) is 64.1 cm³/mol. The molecule has 21 heavy (non-hydrogen) atoms. The zero-order valence-electron chi connectivity index (χ0n) is 10.5. The number of urea groups is 1. The number of aliphatic carboxylic acids is 1. The van der Waals surface area contributed by atoms with E-state index in [1.807, 2.05) is 5.32 Å². The molecular weight excluding hydrogens is 293 g/mol. The second-order valence-electron chi connectivity index (χ2n) is 4.58. The van der Waals surface area contributed by atoms with Crippen LogP contribution in [0.15, 0.2) is 12.1 Å². The number of rotatable bonds is 2. The number of nitrogens with zero attached hydrogens (tertiary/aromatic N) is 1. The van der Waals surface area contributed by atoms with Gasteiger partial charge in [0.15, 0.2) is 11.6 Å². The number of carboxylic acids is 1. The van der Waals surface area contributed by atoms with Crippen LogP contribution in [0.1, 0.15) is 6.42 Å². The average molecular weight is 304 g/mol. The molecule has 1 aliphatic heterocycles. The number of hydrogen-bond acceptors (Lipinski definition) is 3. The summed E-state index contributed by atoms with van der Waals surface area (Å²) in [4.78, 5) is 23.6. The lowest BCUT2D eigenvalue weighted by atomic mass is 10.2. The van der Waals surface area contributed by atoms with Crippen molar-refractivity contribution in [1.29, 1.82) is 0 Å². The maximum absolute atomic E-state index is 13.4. The minimum absolute atomic E-state index is 0.178. The lowest BCUT2D eigenvalue weighted by molar-refractivity contribution is -0.141. The molecule has 0 saturated carbocycles. The standard InChI is InChI=1S/C12H11F3N2O4/c13-5-1-7(14)10(15)8(2-5)16-12(21)17-4-6(18)3-9(17)11(19)20/h1-2,6,9,18H,3-4H2,(H,16,21)(H,19,20)/t6?,9-/m0/s1. The largest absolute Gasteiger partial charge is 0.480 e. The van der Waals surface area contributed by atoms with Crippen molar-refractivity contribution in [3.05, 3.63) is 29.6 Å². The average Bonchev–Trinajstić information content (AvgIpc) is 2.77. The van der Waals surface area contributed by atoms with Crippen molar-refractivity contribution in [2.24, 2.45) is 0 Å². The van der Waals surface area contributed by atoms with Crippen LogP contribution >= 0.6 is 0 Å². The second kappa shape index (κ2) is 5.60. The minimum Gasteiger partial charge on any atom is -0.480 e. The molecule has 6 nitrogen and oxygen atoms in total. The summed E-state index contributed by atoms with van der Waals surface area (Å²) in [7, 11) is 0. The monoisotopic (exact) mass is 304 g/mol. The quantitative estimate of drug-likeness (QED) is 0.715. The fourth-order valence-corrected chi connectivity index (χ4v) is 2.11.